The molecule has 0 aliphatic carbocycles. The highest BCUT2D eigenvalue weighted by Crippen LogP contribution is 2.36. The van der Waals surface area contributed by atoms with Gasteiger partial charge in [0.1, 0.15) is 5.82 Å². The molecule has 1 aromatic rings. The van der Waals surface area contributed by atoms with Crippen molar-refractivity contribution in [3.8, 4) is 0 Å². The molecule has 0 N–H and O–H groups in total. The third kappa shape index (κ3) is 3.15. The predicted molar refractivity (Wildman–Crippen MR) is 79.1 cm³/mol. The average Bonchev–Trinajstić information content (AvgIpc) is 2.31. The van der Waals surface area contributed by atoms with Crippen LogP contribution in [0.1, 0.15) is 33.6 Å². The van der Waals surface area contributed by atoms with Crippen LogP contribution in [0.4, 0.5) is 5.82 Å². The van der Waals surface area contributed by atoms with Crippen molar-refractivity contribution in [2.24, 2.45) is 11.3 Å². The second-order valence-electron chi connectivity index (χ2n) is 5.94. The smallest absolute Gasteiger partial charge is 0.224 e. The normalized spacial score (nSPS) is 18.2. The minimum Gasteiger partial charge on any atom is -0.356 e. The molecule has 0 radical (unpaired) electrons. The summed E-state index contributed by atoms with van der Waals surface area (Å²) in [5, 5.41) is 0.311. The van der Waals surface area contributed by atoms with Crippen molar-refractivity contribution < 1.29 is 0 Å². The summed E-state index contributed by atoms with van der Waals surface area (Å²) in [5.74, 6) is 1.70. The number of nitrogens with zero attached hydrogens (tertiary/aromatic N) is 3. The standard InChI is InChI=1S/C13H19BrClN3/c1-13(2,3)9-4-6-18(7-5-9)11-10(14)8-16-12(15)17-11/h8-9H,4-7H2,1-3H3. The molecule has 0 bridgehead atoms. The zero-order chi connectivity index (χ0) is 13.3. The molecule has 18 heavy (non-hydrogen) atoms. The number of halogens is 2. The van der Waals surface area contributed by atoms with E-state index >= 15 is 0 Å². The number of hydrogen-bond donors (Lipinski definition) is 0. The Morgan fingerprint density at radius 1 is 1.33 bits per heavy atom. The van der Waals surface area contributed by atoms with Gasteiger partial charge >= 0.3 is 0 Å². The van der Waals surface area contributed by atoms with Crippen molar-refractivity contribution in [2.45, 2.75) is 33.6 Å². The van der Waals surface area contributed by atoms with Crippen molar-refractivity contribution in [1.29, 1.82) is 0 Å². The van der Waals surface area contributed by atoms with E-state index in [0.717, 1.165) is 29.3 Å². The minimum atomic E-state index is 0.311. The predicted octanol–water partition coefficient (Wildman–Crippen LogP) is 4.16. The Balaban J connectivity index is 2.08. The Labute approximate surface area is 122 Å². The van der Waals surface area contributed by atoms with Gasteiger partial charge < -0.3 is 4.90 Å². The molecule has 1 aliphatic rings. The van der Waals surface area contributed by atoms with Gasteiger partial charge in [-0.2, -0.15) is 4.98 Å². The summed E-state index contributed by atoms with van der Waals surface area (Å²) >= 11 is 9.36. The first-order valence-electron chi connectivity index (χ1n) is 6.31. The third-order valence-corrected chi connectivity index (χ3v) is 4.46. The number of piperidine rings is 1. The van der Waals surface area contributed by atoms with Crippen LogP contribution < -0.4 is 4.90 Å². The average molecular weight is 333 g/mol. The van der Waals surface area contributed by atoms with Crippen molar-refractivity contribution in [3.05, 3.63) is 16.0 Å². The summed E-state index contributed by atoms with van der Waals surface area (Å²) in [5.41, 5.74) is 0.395. The summed E-state index contributed by atoms with van der Waals surface area (Å²) in [6.07, 6.45) is 4.13. The van der Waals surface area contributed by atoms with Crippen LogP contribution in [0.3, 0.4) is 0 Å². The lowest BCUT2D eigenvalue weighted by molar-refractivity contribution is 0.198. The summed E-state index contributed by atoms with van der Waals surface area (Å²) < 4.78 is 0.918. The Bertz CT molecular complexity index is 423. The Morgan fingerprint density at radius 3 is 2.50 bits per heavy atom. The Morgan fingerprint density at radius 2 is 1.94 bits per heavy atom. The summed E-state index contributed by atoms with van der Waals surface area (Å²) in [6, 6.07) is 0. The van der Waals surface area contributed by atoms with Crippen LogP contribution in [0.2, 0.25) is 5.28 Å². The molecule has 0 aromatic carbocycles. The van der Waals surface area contributed by atoms with Crippen LogP contribution in [0, 0.1) is 11.3 Å². The topological polar surface area (TPSA) is 29.0 Å². The maximum Gasteiger partial charge on any atom is 0.224 e. The highest BCUT2D eigenvalue weighted by Gasteiger charge is 2.29. The molecule has 1 aliphatic heterocycles. The lowest BCUT2D eigenvalue weighted by atomic mass is 9.75. The molecule has 2 heterocycles. The molecule has 0 saturated carbocycles. The molecule has 5 heteroatoms. The van der Waals surface area contributed by atoms with E-state index in [4.69, 9.17) is 11.6 Å². The van der Waals surface area contributed by atoms with E-state index in [-0.39, 0.29) is 0 Å². The second kappa shape index (κ2) is 5.33. The number of anilines is 1. The lowest BCUT2D eigenvalue weighted by Gasteiger charge is -2.39. The molecule has 3 nitrogen and oxygen atoms in total. The second-order valence-corrected chi connectivity index (χ2v) is 7.13. The molecule has 0 amide bonds. The quantitative estimate of drug-likeness (QED) is 0.723. The van der Waals surface area contributed by atoms with Crippen LogP contribution in [-0.4, -0.2) is 23.1 Å². The van der Waals surface area contributed by atoms with Gasteiger partial charge in [0.15, 0.2) is 0 Å². The zero-order valence-electron chi connectivity index (χ0n) is 11.1. The molecular weight excluding hydrogens is 314 g/mol. The molecule has 0 atom stereocenters. The maximum absolute atomic E-state index is 5.87. The number of rotatable bonds is 1. The molecule has 100 valence electrons. The van der Waals surface area contributed by atoms with Crippen LogP contribution in [-0.2, 0) is 0 Å². The first-order chi connectivity index (χ1) is 8.38. The van der Waals surface area contributed by atoms with Gasteiger partial charge in [-0.1, -0.05) is 20.8 Å². The van der Waals surface area contributed by atoms with Crippen LogP contribution in [0.15, 0.2) is 10.7 Å². The highest BCUT2D eigenvalue weighted by molar-refractivity contribution is 9.10. The lowest BCUT2D eigenvalue weighted by Crippen LogP contribution is -2.38. The zero-order valence-corrected chi connectivity index (χ0v) is 13.4. The maximum atomic E-state index is 5.87. The van der Waals surface area contributed by atoms with E-state index < -0.39 is 0 Å². The fourth-order valence-corrected chi connectivity index (χ4v) is 3.09. The molecule has 0 spiro atoms. The van der Waals surface area contributed by atoms with Gasteiger partial charge in [-0.05, 0) is 51.7 Å². The van der Waals surface area contributed by atoms with E-state index in [0.29, 0.717) is 10.7 Å². The van der Waals surface area contributed by atoms with Crippen molar-refractivity contribution in [3.63, 3.8) is 0 Å². The van der Waals surface area contributed by atoms with Gasteiger partial charge in [-0.15, -0.1) is 0 Å². The monoisotopic (exact) mass is 331 g/mol. The van der Waals surface area contributed by atoms with Gasteiger partial charge in [-0.25, -0.2) is 4.98 Å². The fraction of sp³-hybridized carbons (Fsp3) is 0.692. The molecule has 1 fully saturated rings. The molecule has 1 aromatic heterocycles. The fourth-order valence-electron chi connectivity index (χ4n) is 2.52. The largest absolute Gasteiger partial charge is 0.356 e. The molecule has 1 saturated heterocycles. The van der Waals surface area contributed by atoms with Crippen LogP contribution >= 0.6 is 27.5 Å². The van der Waals surface area contributed by atoms with E-state index in [1.807, 2.05) is 0 Å². The van der Waals surface area contributed by atoms with Gasteiger partial charge in [0.05, 0.1) is 4.47 Å². The third-order valence-electron chi connectivity index (χ3n) is 3.72. The van der Waals surface area contributed by atoms with Crippen molar-refractivity contribution >= 4 is 33.3 Å². The first-order valence-corrected chi connectivity index (χ1v) is 7.48. The molecule has 0 unspecified atom stereocenters. The van der Waals surface area contributed by atoms with Crippen molar-refractivity contribution in [2.75, 3.05) is 18.0 Å². The summed E-state index contributed by atoms with van der Waals surface area (Å²) in [7, 11) is 0. The molecule has 2 rings (SSSR count). The first kappa shape index (κ1) is 14.1. The summed E-state index contributed by atoms with van der Waals surface area (Å²) in [4.78, 5) is 10.6. The van der Waals surface area contributed by atoms with E-state index in [2.05, 4.69) is 51.6 Å². The van der Waals surface area contributed by atoms with Crippen molar-refractivity contribution in [1.82, 2.24) is 9.97 Å². The SMILES string of the molecule is CC(C)(C)C1CCN(c2nc(Cl)ncc2Br)CC1. The van der Waals surface area contributed by atoms with Crippen LogP contribution in [0.5, 0.6) is 0 Å². The highest BCUT2D eigenvalue weighted by atomic mass is 79.9. The summed E-state index contributed by atoms with van der Waals surface area (Å²) in [6.45, 7) is 9.04. The van der Waals surface area contributed by atoms with Gasteiger partial charge in [0, 0.05) is 19.3 Å². The van der Waals surface area contributed by atoms with Gasteiger partial charge in [-0.3, -0.25) is 0 Å². The van der Waals surface area contributed by atoms with E-state index in [1.54, 1.807) is 6.20 Å². The molecular formula is C13H19BrClN3. The minimum absolute atomic E-state index is 0.311. The number of hydrogen-bond acceptors (Lipinski definition) is 3. The van der Waals surface area contributed by atoms with E-state index in [9.17, 15) is 0 Å². The van der Waals surface area contributed by atoms with E-state index in [1.165, 1.54) is 12.8 Å². The Kier molecular flexibility index (Phi) is 4.17. The Hall–Kier alpha value is -0.350. The van der Waals surface area contributed by atoms with Gasteiger partial charge in [0.2, 0.25) is 5.28 Å². The van der Waals surface area contributed by atoms with Crippen LogP contribution in [0.25, 0.3) is 0 Å². The number of aromatic nitrogens is 2. The van der Waals surface area contributed by atoms with Gasteiger partial charge in [0.25, 0.3) is 0 Å².